The van der Waals surface area contributed by atoms with Gasteiger partial charge in [0.2, 0.25) is 0 Å². The van der Waals surface area contributed by atoms with Gasteiger partial charge < -0.3 is 15.0 Å². The van der Waals surface area contributed by atoms with Crippen molar-refractivity contribution in [3.63, 3.8) is 0 Å². The second kappa shape index (κ2) is 6.72. The number of hydrogen-bond donors (Lipinski definition) is 2. The average molecular weight is 361 g/mol. The SMILES string of the molecule is CC(=O)C1=C(O)C(=O)N(CCc2c[nH]c3ccccc23)[C@@H]1c1ccccn1. The molecule has 0 bridgehead atoms. The van der Waals surface area contributed by atoms with Crippen LogP contribution >= 0.6 is 0 Å². The number of amides is 1. The summed E-state index contributed by atoms with van der Waals surface area (Å²) in [6, 6.07) is 12.6. The standard InChI is InChI=1S/C21H19N3O3/c1-13(25)18-19(17-8-4-5-10-22-17)24(21(27)20(18)26)11-9-14-12-23-16-7-3-2-6-15(14)16/h2-8,10,12,19,23,26H,9,11H2,1H3/t19-/m1/s1. The highest BCUT2D eigenvalue weighted by molar-refractivity contribution is 6.08. The Morgan fingerprint density at radius 2 is 2.00 bits per heavy atom. The zero-order valence-corrected chi connectivity index (χ0v) is 14.8. The second-order valence-corrected chi connectivity index (χ2v) is 6.58. The number of H-pyrrole nitrogens is 1. The van der Waals surface area contributed by atoms with Gasteiger partial charge in [-0.2, -0.15) is 0 Å². The first kappa shape index (κ1) is 17.0. The van der Waals surface area contributed by atoms with Crippen molar-refractivity contribution in [3.05, 3.63) is 77.4 Å². The summed E-state index contributed by atoms with van der Waals surface area (Å²) in [5, 5.41) is 11.4. The van der Waals surface area contributed by atoms with Crippen molar-refractivity contribution in [2.45, 2.75) is 19.4 Å². The molecule has 0 spiro atoms. The number of aromatic nitrogens is 2. The number of ketones is 1. The zero-order valence-electron chi connectivity index (χ0n) is 14.8. The van der Waals surface area contributed by atoms with E-state index < -0.39 is 17.7 Å². The Balaban J connectivity index is 1.66. The molecule has 4 rings (SSSR count). The Bertz CT molecular complexity index is 1050. The van der Waals surface area contributed by atoms with Crippen LogP contribution in [-0.4, -0.2) is 38.2 Å². The molecule has 2 aromatic heterocycles. The van der Waals surface area contributed by atoms with Gasteiger partial charge in [0.1, 0.15) is 6.04 Å². The fourth-order valence-electron chi connectivity index (χ4n) is 3.67. The van der Waals surface area contributed by atoms with E-state index in [2.05, 4.69) is 9.97 Å². The molecule has 1 aromatic carbocycles. The van der Waals surface area contributed by atoms with Crippen LogP contribution in [0.25, 0.3) is 10.9 Å². The van der Waals surface area contributed by atoms with Crippen LogP contribution < -0.4 is 0 Å². The van der Waals surface area contributed by atoms with Gasteiger partial charge in [0, 0.05) is 29.8 Å². The highest BCUT2D eigenvalue weighted by Gasteiger charge is 2.42. The second-order valence-electron chi connectivity index (χ2n) is 6.58. The maximum atomic E-state index is 12.7. The minimum atomic E-state index is -0.665. The number of carbonyl (C=O) groups excluding carboxylic acids is 2. The molecule has 136 valence electrons. The van der Waals surface area contributed by atoms with Crippen LogP contribution in [-0.2, 0) is 16.0 Å². The number of pyridine rings is 1. The topological polar surface area (TPSA) is 86.3 Å². The molecule has 0 saturated heterocycles. The van der Waals surface area contributed by atoms with Crippen molar-refractivity contribution < 1.29 is 14.7 Å². The monoisotopic (exact) mass is 361 g/mol. The third-order valence-electron chi connectivity index (χ3n) is 4.95. The molecule has 1 amide bonds. The number of nitrogens with one attached hydrogen (secondary N) is 1. The lowest BCUT2D eigenvalue weighted by atomic mass is 10.0. The number of benzene rings is 1. The van der Waals surface area contributed by atoms with Crippen LogP contribution in [0.2, 0.25) is 0 Å². The zero-order chi connectivity index (χ0) is 19.0. The first-order valence-electron chi connectivity index (χ1n) is 8.79. The number of hydrogen-bond acceptors (Lipinski definition) is 4. The van der Waals surface area contributed by atoms with E-state index in [1.165, 1.54) is 11.8 Å². The number of carbonyl (C=O) groups is 2. The normalized spacial score (nSPS) is 17.1. The molecule has 6 heteroatoms. The van der Waals surface area contributed by atoms with Crippen LogP contribution in [0, 0.1) is 0 Å². The van der Waals surface area contributed by atoms with E-state index in [-0.39, 0.29) is 11.4 Å². The lowest BCUT2D eigenvalue weighted by molar-refractivity contribution is -0.129. The van der Waals surface area contributed by atoms with E-state index in [1.807, 2.05) is 30.5 Å². The molecule has 6 nitrogen and oxygen atoms in total. The van der Waals surface area contributed by atoms with Crippen LogP contribution in [0.15, 0.2) is 66.2 Å². The van der Waals surface area contributed by atoms with E-state index in [9.17, 15) is 14.7 Å². The Labute approximate surface area is 156 Å². The number of fused-ring (bicyclic) bond motifs is 1. The Morgan fingerprint density at radius 3 is 2.74 bits per heavy atom. The predicted octanol–water partition coefficient (Wildman–Crippen LogP) is 3.09. The quantitative estimate of drug-likeness (QED) is 0.731. The summed E-state index contributed by atoms with van der Waals surface area (Å²) in [5.41, 5.74) is 2.79. The van der Waals surface area contributed by atoms with Crippen LogP contribution in [0.5, 0.6) is 0 Å². The first-order chi connectivity index (χ1) is 13.1. The van der Waals surface area contributed by atoms with Gasteiger partial charge in [0.05, 0.1) is 11.3 Å². The minimum absolute atomic E-state index is 0.109. The molecule has 3 heterocycles. The van der Waals surface area contributed by atoms with Gasteiger partial charge in [-0.15, -0.1) is 0 Å². The summed E-state index contributed by atoms with van der Waals surface area (Å²) in [4.78, 5) is 33.8. The molecular weight excluding hydrogens is 342 g/mol. The largest absolute Gasteiger partial charge is 0.503 e. The highest BCUT2D eigenvalue weighted by atomic mass is 16.3. The van der Waals surface area contributed by atoms with E-state index >= 15 is 0 Å². The van der Waals surface area contributed by atoms with Gasteiger partial charge in [0.25, 0.3) is 5.91 Å². The summed E-state index contributed by atoms with van der Waals surface area (Å²) >= 11 is 0. The molecule has 1 atom stereocenters. The highest BCUT2D eigenvalue weighted by Crippen LogP contribution is 2.36. The van der Waals surface area contributed by atoms with Crippen molar-refractivity contribution in [1.29, 1.82) is 0 Å². The molecule has 0 saturated carbocycles. The van der Waals surface area contributed by atoms with E-state index in [0.717, 1.165) is 16.5 Å². The van der Waals surface area contributed by atoms with Gasteiger partial charge in [-0.05, 0) is 37.1 Å². The van der Waals surface area contributed by atoms with Gasteiger partial charge in [0.15, 0.2) is 11.5 Å². The maximum absolute atomic E-state index is 12.7. The molecule has 0 unspecified atom stereocenters. The molecule has 1 aliphatic rings. The number of para-hydroxylation sites is 1. The summed E-state index contributed by atoms with van der Waals surface area (Å²) in [6.45, 7) is 1.72. The van der Waals surface area contributed by atoms with Gasteiger partial charge in [-0.1, -0.05) is 24.3 Å². The van der Waals surface area contributed by atoms with Crippen LogP contribution in [0.4, 0.5) is 0 Å². The van der Waals surface area contributed by atoms with E-state index in [0.29, 0.717) is 18.7 Å². The molecule has 2 N–H and O–H groups in total. The smallest absolute Gasteiger partial charge is 0.290 e. The van der Waals surface area contributed by atoms with Crippen molar-refractivity contribution in [3.8, 4) is 0 Å². The third-order valence-corrected chi connectivity index (χ3v) is 4.95. The van der Waals surface area contributed by atoms with Crippen molar-refractivity contribution in [2.24, 2.45) is 0 Å². The van der Waals surface area contributed by atoms with E-state index in [4.69, 9.17) is 0 Å². The number of nitrogens with zero attached hydrogens (tertiary/aromatic N) is 2. The lowest BCUT2D eigenvalue weighted by Crippen LogP contribution is -2.33. The van der Waals surface area contributed by atoms with Crippen molar-refractivity contribution in [1.82, 2.24) is 14.9 Å². The number of Topliss-reactive ketones (excluding diaryl/α,β-unsaturated/α-hetero) is 1. The number of rotatable bonds is 5. The van der Waals surface area contributed by atoms with Crippen LogP contribution in [0.1, 0.15) is 24.2 Å². The van der Waals surface area contributed by atoms with Crippen molar-refractivity contribution in [2.75, 3.05) is 6.54 Å². The molecule has 0 fully saturated rings. The summed E-state index contributed by atoms with van der Waals surface area (Å²) in [7, 11) is 0. The van der Waals surface area contributed by atoms with Crippen molar-refractivity contribution >= 4 is 22.6 Å². The number of aliphatic hydroxyl groups is 1. The Morgan fingerprint density at radius 1 is 1.22 bits per heavy atom. The Kier molecular flexibility index (Phi) is 4.24. The summed E-state index contributed by atoms with van der Waals surface area (Å²) < 4.78 is 0. The minimum Gasteiger partial charge on any atom is -0.503 e. The molecule has 0 radical (unpaired) electrons. The summed E-state index contributed by atoms with van der Waals surface area (Å²) in [6.07, 6.45) is 4.14. The molecular formula is C21H19N3O3. The fourth-order valence-corrected chi connectivity index (χ4v) is 3.67. The molecule has 3 aromatic rings. The van der Waals surface area contributed by atoms with Gasteiger partial charge in [-0.3, -0.25) is 14.6 Å². The van der Waals surface area contributed by atoms with E-state index in [1.54, 1.807) is 24.4 Å². The van der Waals surface area contributed by atoms with Crippen LogP contribution in [0.3, 0.4) is 0 Å². The Hall–Kier alpha value is -3.41. The maximum Gasteiger partial charge on any atom is 0.290 e. The average Bonchev–Trinajstić information content (AvgIpc) is 3.20. The van der Waals surface area contributed by atoms with Gasteiger partial charge >= 0.3 is 0 Å². The fraction of sp³-hybridized carbons (Fsp3) is 0.190. The predicted molar refractivity (Wildman–Crippen MR) is 101 cm³/mol. The number of aromatic amines is 1. The lowest BCUT2D eigenvalue weighted by Gasteiger charge is -2.25. The number of aliphatic hydroxyl groups excluding tert-OH is 1. The molecule has 0 aliphatic carbocycles. The third kappa shape index (κ3) is 2.89. The molecule has 27 heavy (non-hydrogen) atoms. The molecule has 1 aliphatic heterocycles. The summed E-state index contributed by atoms with van der Waals surface area (Å²) in [5.74, 6) is -1.33. The first-order valence-corrected chi connectivity index (χ1v) is 8.79. The van der Waals surface area contributed by atoms with Gasteiger partial charge in [-0.25, -0.2) is 0 Å².